The zero-order valence-electron chi connectivity index (χ0n) is 13.6. The molecule has 2 rings (SSSR count). The van der Waals surface area contributed by atoms with Gasteiger partial charge in [0.05, 0.1) is 0 Å². The first-order valence-corrected chi connectivity index (χ1v) is 9.26. The van der Waals surface area contributed by atoms with Crippen LogP contribution < -0.4 is 4.72 Å². The number of benzene rings is 1. The Kier molecular flexibility index (Phi) is 5.46. The maximum absolute atomic E-state index is 12.8. The number of nitrogens with one attached hydrogen (secondary N) is 1. The molecule has 0 aromatic heterocycles. The highest BCUT2D eigenvalue weighted by atomic mass is 32.2. The molecular formula is C19H23NO2S. The summed E-state index contributed by atoms with van der Waals surface area (Å²) in [6.07, 6.45) is 11.6. The van der Waals surface area contributed by atoms with Gasteiger partial charge in [0.1, 0.15) is 4.75 Å². The summed E-state index contributed by atoms with van der Waals surface area (Å²) in [7, 11) is -3.53. The number of hydrogen-bond acceptors (Lipinski definition) is 2. The molecule has 122 valence electrons. The highest BCUT2D eigenvalue weighted by Crippen LogP contribution is 2.34. The first-order chi connectivity index (χ1) is 10.9. The standard InChI is InChI=1S/C19H23NO2S/c1-4-12-19(23(21,22)20-15-16(2)3)13-10-18(11-14-19)17-8-6-5-7-9-17/h1,5-11,13,16,20H,12,14-15H2,2-3H3. The van der Waals surface area contributed by atoms with E-state index in [0.717, 1.165) is 11.1 Å². The minimum absolute atomic E-state index is 0.162. The maximum atomic E-state index is 12.8. The van der Waals surface area contributed by atoms with Crippen LogP contribution in [0.1, 0.15) is 32.3 Å². The second kappa shape index (κ2) is 7.16. The summed E-state index contributed by atoms with van der Waals surface area (Å²) >= 11 is 0. The van der Waals surface area contributed by atoms with Crippen LogP contribution in [0.2, 0.25) is 0 Å². The average Bonchev–Trinajstić information content (AvgIpc) is 2.55. The predicted molar refractivity (Wildman–Crippen MR) is 96.1 cm³/mol. The Bertz CT molecular complexity index is 739. The lowest BCUT2D eigenvalue weighted by Gasteiger charge is -2.31. The Balaban J connectivity index is 2.27. The lowest BCUT2D eigenvalue weighted by Crippen LogP contribution is -2.46. The maximum Gasteiger partial charge on any atom is 0.222 e. The van der Waals surface area contributed by atoms with Crippen molar-refractivity contribution in [2.24, 2.45) is 5.92 Å². The van der Waals surface area contributed by atoms with E-state index in [9.17, 15) is 8.42 Å². The minimum Gasteiger partial charge on any atom is -0.214 e. The molecular weight excluding hydrogens is 306 g/mol. The van der Waals surface area contributed by atoms with Crippen LogP contribution in [0.3, 0.4) is 0 Å². The molecule has 1 aromatic carbocycles. The van der Waals surface area contributed by atoms with E-state index >= 15 is 0 Å². The summed E-state index contributed by atoms with van der Waals surface area (Å²) in [5, 5.41) is 0. The van der Waals surface area contributed by atoms with Crippen LogP contribution in [-0.2, 0) is 10.0 Å². The molecule has 3 nitrogen and oxygen atoms in total. The highest BCUT2D eigenvalue weighted by Gasteiger charge is 2.41. The monoisotopic (exact) mass is 329 g/mol. The summed E-state index contributed by atoms with van der Waals surface area (Å²) in [5.74, 6) is 2.77. The van der Waals surface area contributed by atoms with Gasteiger partial charge in [0.25, 0.3) is 0 Å². The molecule has 1 unspecified atom stereocenters. The quantitative estimate of drug-likeness (QED) is 0.813. The van der Waals surface area contributed by atoms with Gasteiger partial charge in [-0.25, -0.2) is 13.1 Å². The van der Waals surface area contributed by atoms with Crippen molar-refractivity contribution in [3.8, 4) is 12.3 Å². The van der Waals surface area contributed by atoms with Gasteiger partial charge in [-0.15, -0.1) is 12.3 Å². The van der Waals surface area contributed by atoms with Crippen LogP contribution in [0.4, 0.5) is 0 Å². The van der Waals surface area contributed by atoms with Crippen molar-refractivity contribution in [3.63, 3.8) is 0 Å². The van der Waals surface area contributed by atoms with Gasteiger partial charge < -0.3 is 0 Å². The molecule has 0 bridgehead atoms. The lowest BCUT2D eigenvalue weighted by atomic mass is 9.90. The molecule has 4 heteroatoms. The van der Waals surface area contributed by atoms with Gasteiger partial charge in [-0.1, -0.05) is 62.4 Å². The van der Waals surface area contributed by atoms with Gasteiger partial charge in [-0.05, 0) is 23.5 Å². The Morgan fingerprint density at radius 1 is 1.30 bits per heavy atom. The zero-order valence-corrected chi connectivity index (χ0v) is 14.4. The smallest absolute Gasteiger partial charge is 0.214 e. The molecule has 0 amide bonds. The van der Waals surface area contributed by atoms with Gasteiger partial charge in [0.15, 0.2) is 0 Å². The normalized spacial score (nSPS) is 21.0. The Hall–Kier alpha value is -1.83. The zero-order chi connectivity index (χ0) is 16.9. The molecule has 1 N–H and O–H groups in total. The fourth-order valence-electron chi connectivity index (χ4n) is 2.52. The molecule has 0 fully saturated rings. The Labute approximate surface area is 139 Å². The molecule has 0 spiro atoms. The van der Waals surface area contributed by atoms with Gasteiger partial charge in [0.2, 0.25) is 10.0 Å². The van der Waals surface area contributed by atoms with Crippen LogP contribution >= 0.6 is 0 Å². The van der Waals surface area contributed by atoms with Gasteiger partial charge in [-0.3, -0.25) is 0 Å². The lowest BCUT2D eigenvalue weighted by molar-refractivity contribution is 0.524. The molecule has 23 heavy (non-hydrogen) atoms. The molecule has 0 heterocycles. The molecule has 1 aromatic rings. The van der Waals surface area contributed by atoms with E-state index in [2.05, 4.69) is 10.6 Å². The fourth-order valence-corrected chi connectivity index (χ4v) is 4.19. The van der Waals surface area contributed by atoms with Crippen LogP contribution in [0, 0.1) is 18.3 Å². The second-order valence-electron chi connectivity index (χ2n) is 6.25. The van der Waals surface area contributed by atoms with Gasteiger partial charge in [0, 0.05) is 13.0 Å². The third-order valence-corrected chi connectivity index (χ3v) is 6.02. The van der Waals surface area contributed by atoms with Crippen LogP contribution in [0.5, 0.6) is 0 Å². The molecule has 0 saturated carbocycles. The molecule has 0 aliphatic heterocycles. The van der Waals surface area contributed by atoms with E-state index < -0.39 is 14.8 Å². The van der Waals surface area contributed by atoms with Crippen molar-refractivity contribution in [2.45, 2.75) is 31.4 Å². The summed E-state index contributed by atoms with van der Waals surface area (Å²) in [4.78, 5) is 0. The molecule has 1 atom stereocenters. The first-order valence-electron chi connectivity index (χ1n) is 7.78. The summed E-state index contributed by atoms with van der Waals surface area (Å²) in [6.45, 7) is 4.36. The number of sulfonamides is 1. The van der Waals surface area contributed by atoms with Crippen LogP contribution in [-0.4, -0.2) is 19.7 Å². The number of rotatable bonds is 6. The van der Waals surface area contributed by atoms with Gasteiger partial charge in [-0.2, -0.15) is 0 Å². The average molecular weight is 329 g/mol. The van der Waals surface area contributed by atoms with E-state index in [4.69, 9.17) is 6.42 Å². The number of allylic oxidation sites excluding steroid dienone is 3. The number of hydrogen-bond donors (Lipinski definition) is 1. The predicted octanol–water partition coefficient (Wildman–Crippen LogP) is 3.37. The van der Waals surface area contributed by atoms with E-state index in [1.54, 1.807) is 6.08 Å². The third kappa shape index (κ3) is 3.93. The van der Waals surface area contributed by atoms with Gasteiger partial charge >= 0.3 is 0 Å². The molecule has 1 aliphatic rings. The largest absolute Gasteiger partial charge is 0.222 e. The van der Waals surface area contributed by atoms with E-state index in [1.165, 1.54) is 0 Å². The number of terminal acetylenes is 1. The van der Waals surface area contributed by atoms with E-state index in [0.29, 0.717) is 13.0 Å². The molecule has 1 aliphatic carbocycles. The van der Waals surface area contributed by atoms with Crippen molar-refractivity contribution >= 4 is 15.6 Å². The first kappa shape index (κ1) is 17.5. The minimum atomic E-state index is -3.53. The van der Waals surface area contributed by atoms with Crippen molar-refractivity contribution < 1.29 is 8.42 Å². The van der Waals surface area contributed by atoms with E-state index in [-0.39, 0.29) is 12.3 Å². The Morgan fingerprint density at radius 2 is 2.00 bits per heavy atom. The van der Waals surface area contributed by atoms with Crippen LogP contribution in [0.15, 0.2) is 48.6 Å². The van der Waals surface area contributed by atoms with Crippen molar-refractivity contribution in [3.05, 3.63) is 54.1 Å². The summed E-state index contributed by atoms with van der Waals surface area (Å²) < 4.78 is 27.2. The topological polar surface area (TPSA) is 46.2 Å². The van der Waals surface area contributed by atoms with E-state index in [1.807, 2.05) is 56.3 Å². The summed E-state index contributed by atoms with van der Waals surface area (Å²) in [6, 6.07) is 9.91. The highest BCUT2D eigenvalue weighted by molar-refractivity contribution is 7.91. The SMILES string of the molecule is C#CCC1(S(=O)(=O)NCC(C)C)C=CC(c2ccccc2)=CC1. The van der Waals surface area contributed by atoms with Crippen molar-refractivity contribution in [1.82, 2.24) is 4.72 Å². The second-order valence-corrected chi connectivity index (χ2v) is 8.36. The van der Waals surface area contributed by atoms with Crippen molar-refractivity contribution in [1.29, 1.82) is 0 Å². The van der Waals surface area contributed by atoms with Crippen molar-refractivity contribution in [2.75, 3.05) is 6.54 Å². The molecule has 0 radical (unpaired) electrons. The van der Waals surface area contributed by atoms with Crippen LogP contribution in [0.25, 0.3) is 5.57 Å². The summed E-state index contributed by atoms with van der Waals surface area (Å²) in [5.41, 5.74) is 2.10. The third-order valence-electron chi connectivity index (χ3n) is 3.96. The molecule has 0 saturated heterocycles. The Morgan fingerprint density at radius 3 is 2.52 bits per heavy atom. The fraction of sp³-hybridized carbons (Fsp3) is 0.368.